The molecule has 0 bridgehead atoms. The predicted octanol–water partition coefficient (Wildman–Crippen LogP) is 2.55. The average molecular weight is 356 g/mol. The van der Waals surface area contributed by atoms with Crippen LogP contribution < -0.4 is 10.6 Å². The highest BCUT2D eigenvalue weighted by molar-refractivity contribution is 7.80. The minimum absolute atomic E-state index is 0.161. The minimum Gasteiger partial charge on any atom is -0.374 e. The van der Waals surface area contributed by atoms with E-state index in [0.717, 1.165) is 39.3 Å². The molecule has 0 aromatic heterocycles. The molecule has 4 nitrogen and oxygen atoms in total. The molecule has 1 fully saturated rings. The van der Waals surface area contributed by atoms with Crippen molar-refractivity contribution >= 4 is 17.3 Å². The van der Waals surface area contributed by atoms with Crippen LogP contribution in [0.4, 0.5) is 0 Å². The van der Waals surface area contributed by atoms with Crippen LogP contribution in [0, 0.1) is 0 Å². The fourth-order valence-electron chi connectivity index (χ4n) is 2.94. The molecule has 0 amide bonds. The highest BCUT2D eigenvalue weighted by atomic mass is 32.1. The number of ether oxygens (including phenoxy) is 1. The Morgan fingerprint density at radius 1 is 1.00 bits per heavy atom. The molecule has 0 radical (unpaired) electrons. The summed E-state index contributed by atoms with van der Waals surface area (Å²) in [7, 11) is 0. The maximum Gasteiger partial charge on any atom is 0.166 e. The summed E-state index contributed by atoms with van der Waals surface area (Å²) in [5.41, 5.74) is 2.56. The number of benzene rings is 2. The van der Waals surface area contributed by atoms with Gasteiger partial charge in [0, 0.05) is 32.7 Å². The first-order valence-electron chi connectivity index (χ1n) is 8.73. The summed E-state index contributed by atoms with van der Waals surface area (Å²) in [6, 6.07) is 20.8. The van der Waals surface area contributed by atoms with Crippen molar-refractivity contribution in [1.29, 1.82) is 0 Å². The zero-order valence-corrected chi connectivity index (χ0v) is 15.2. The van der Waals surface area contributed by atoms with E-state index in [-0.39, 0.29) is 6.10 Å². The molecule has 1 saturated heterocycles. The second-order valence-corrected chi connectivity index (χ2v) is 6.67. The van der Waals surface area contributed by atoms with Gasteiger partial charge in [0.25, 0.3) is 0 Å². The standard InChI is InChI=1S/C20H25N3OS/c25-20(21-13-17-7-3-1-4-8-17)22-14-19-16-23(11-12-24-19)15-18-9-5-2-6-10-18/h1-10,19H,11-16H2,(H2,21,22,25)/t19-/m1/s1. The van der Waals surface area contributed by atoms with E-state index in [2.05, 4.69) is 58.0 Å². The number of rotatable bonds is 6. The van der Waals surface area contributed by atoms with E-state index < -0.39 is 0 Å². The van der Waals surface area contributed by atoms with Crippen molar-refractivity contribution in [1.82, 2.24) is 15.5 Å². The van der Waals surface area contributed by atoms with Gasteiger partial charge in [0.05, 0.1) is 12.7 Å². The van der Waals surface area contributed by atoms with Crippen LogP contribution in [0.25, 0.3) is 0 Å². The Kier molecular flexibility index (Phi) is 6.79. The van der Waals surface area contributed by atoms with Gasteiger partial charge in [-0.15, -0.1) is 0 Å². The predicted molar refractivity (Wildman–Crippen MR) is 105 cm³/mol. The van der Waals surface area contributed by atoms with Crippen LogP contribution in [-0.2, 0) is 17.8 Å². The summed E-state index contributed by atoms with van der Waals surface area (Å²) in [5, 5.41) is 7.19. The number of hydrogen-bond acceptors (Lipinski definition) is 3. The molecule has 0 unspecified atom stereocenters. The van der Waals surface area contributed by atoms with Crippen molar-refractivity contribution < 1.29 is 4.74 Å². The quantitative estimate of drug-likeness (QED) is 0.779. The molecule has 1 atom stereocenters. The van der Waals surface area contributed by atoms with E-state index in [1.54, 1.807) is 0 Å². The minimum atomic E-state index is 0.161. The van der Waals surface area contributed by atoms with Gasteiger partial charge >= 0.3 is 0 Å². The van der Waals surface area contributed by atoms with Crippen molar-refractivity contribution in [3.05, 3.63) is 71.8 Å². The lowest BCUT2D eigenvalue weighted by Gasteiger charge is -2.33. The van der Waals surface area contributed by atoms with Crippen LogP contribution >= 0.6 is 12.2 Å². The largest absolute Gasteiger partial charge is 0.374 e. The van der Waals surface area contributed by atoms with E-state index in [0.29, 0.717) is 5.11 Å². The van der Waals surface area contributed by atoms with Crippen molar-refractivity contribution in [3.8, 4) is 0 Å². The van der Waals surface area contributed by atoms with Gasteiger partial charge in [0.1, 0.15) is 0 Å². The Labute approximate surface area is 155 Å². The Morgan fingerprint density at radius 2 is 1.68 bits per heavy atom. The summed E-state index contributed by atoms with van der Waals surface area (Å²) >= 11 is 5.36. The first kappa shape index (κ1) is 17.9. The van der Waals surface area contributed by atoms with Gasteiger partial charge in [-0.25, -0.2) is 0 Å². The molecule has 5 heteroatoms. The Morgan fingerprint density at radius 3 is 2.40 bits per heavy atom. The number of nitrogens with zero attached hydrogens (tertiary/aromatic N) is 1. The zero-order chi connectivity index (χ0) is 17.3. The molecular formula is C20H25N3OS. The van der Waals surface area contributed by atoms with Gasteiger partial charge in [-0.3, -0.25) is 4.90 Å². The van der Waals surface area contributed by atoms with Gasteiger partial charge in [-0.1, -0.05) is 60.7 Å². The van der Waals surface area contributed by atoms with Crippen LogP contribution in [0.15, 0.2) is 60.7 Å². The molecule has 0 saturated carbocycles. The van der Waals surface area contributed by atoms with Crippen LogP contribution in [0.3, 0.4) is 0 Å². The second kappa shape index (κ2) is 9.51. The Hall–Kier alpha value is -1.95. The number of thiocarbonyl (C=S) groups is 1. The average Bonchev–Trinajstić information content (AvgIpc) is 2.67. The molecule has 3 rings (SSSR count). The highest BCUT2D eigenvalue weighted by Crippen LogP contribution is 2.10. The monoisotopic (exact) mass is 355 g/mol. The van der Waals surface area contributed by atoms with Gasteiger partial charge in [0.15, 0.2) is 5.11 Å². The van der Waals surface area contributed by atoms with Crippen LogP contribution in [-0.4, -0.2) is 42.4 Å². The van der Waals surface area contributed by atoms with Crippen LogP contribution in [0.1, 0.15) is 11.1 Å². The third-order valence-electron chi connectivity index (χ3n) is 4.26. The molecule has 1 heterocycles. The topological polar surface area (TPSA) is 36.5 Å². The van der Waals surface area contributed by atoms with E-state index in [4.69, 9.17) is 17.0 Å². The number of nitrogens with one attached hydrogen (secondary N) is 2. The molecule has 2 aromatic carbocycles. The molecule has 1 aliphatic rings. The molecule has 1 aliphatic heterocycles. The summed E-state index contributed by atoms with van der Waals surface area (Å²) in [6.07, 6.45) is 0.161. The van der Waals surface area contributed by atoms with Gasteiger partial charge < -0.3 is 15.4 Å². The Balaban J connectivity index is 1.38. The van der Waals surface area contributed by atoms with Gasteiger partial charge in [-0.05, 0) is 23.3 Å². The van der Waals surface area contributed by atoms with Crippen LogP contribution in [0.2, 0.25) is 0 Å². The summed E-state index contributed by atoms with van der Waals surface area (Å²) in [5.74, 6) is 0. The molecule has 132 valence electrons. The summed E-state index contributed by atoms with van der Waals surface area (Å²) in [6.45, 7) is 5.09. The smallest absolute Gasteiger partial charge is 0.166 e. The lowest BCUT2D eigenvalue weighted by atomic mass is 10.2. The van der Waals surface area contributed by atoms with Crippen molar-refractivity contribution in [2.24, 2.45) is 0 Å². The molecule has 25 heavy (non-hydrogen) atoms. The molecule has 2 N–H and O–H groups in total. The molecule has 0 spiro atoms. The van der Waals surface area contributed by atoms with E-state index in [9.17, 15) is 0 Å². The zero-order valence-electron chi connectivity index (χ0n) is 14.4. The van der Waals surface area contributed by atoms with E-state index in [1.807, 2.05) is 18.2 Å². The van der Waals surface area contributed by atoms with Gasteiger partial charge in [0.2, 0.25) is 0 Å². The van der Waals surface area contributed by atoms with Crippen molar-refractivity contribution in [2.75, 3.05) is 26.2 Å². The van der Waals surface area contributed by atoms with E-state index in [1.165, 1.54) is 11.1 Å². The number of hydrogen-bond donors (Lipinski definition) is 2. The fourth-order valence-corrected chi connectivity index (χ4v) is 3.09. The first-order chi connectivity index (χ1) is 12.3. The van der Waals surface area contributed by atoms with Crippen molar-refractivity contribution in [2.45, 2.75) is 19.2 Å². The maximum atomic E-state index is 5.87. The third kappa shape index (κ3) is 6.12. The highest BCUT2D eigenvalue weighted by Gasteiger charge is 2.20. The third-order valence-corrected chi connectivity index (χ3v) is 4.55. The SMILES string of the molecule is S=C(NCc1ccccc1)NC[C@@H]1CN(Cc2ccccc2)CCO1. The summed E-state index contributed by atoms with van der Waals surface area (Å²) < 4.78 is 5.87. The lowest BCUT2D eigenvalue weighted by Crippen LogP contribution is -2.48. The molecular weight excluding hydrogens is 330 g/mol. The fraction of sp³-hybridized carbons (Fsp3) is 0.350. The van der Waals surface area contributed by atoms with E-state index >= 15 is 0 Å². The van der Waals surface area contributed by atoms with Gasteiger partial charge in [-0.2, -0.15) is 0 Å². The summed E-state index contributed by atoms with van der Waals surface area (Å²) in [4.78, 5) is 2.44. The van der Waals surface area contributed by atoms with Crippen molar-refractivity contribution in [3.63, 3.8) is 0 Å². The lowest BCUT2D eigenvalue weighted by molar-refractivity contribution is -0.0280. The normalized spacial score (nSPS) is 17.8. The Bertz CT molecular complexity index is 651. The second-order valence-electron chi connectivity index (χ2n) is 6.26. The molecule has 0 aliphatic carbocycles. The molecule has 2 aromatic rings. The first-order valence-corrected chi connectivity index (χ1v) is 9.14. The maximum absolute atomic E-state index is 5.87. The van der Waals surface area contributed by atoms with Crippen LogP contribution in [0.5, 0.6) is 0 Å². The number of morpholine rings is 1.